The largest absolute Gasteiger partial charge is 0.310 e. The van der Waals surface area contributed by atoms with Gasteiger partial charge in [-0.3, -0.25) is 0 Å². The van der Waals surface area contributed by atoms with E-state index < -0.39 is 0 Å². The van der Waals surface area contributed by atoms with Crippen molar-refractivity contribution < 1.29 is 0 Å². The average Bonchev–Trinajstić information content (AvgIpc) is 3.71. The number of fused-ring (bicyclic) bond motifs is 6. The minimum absolute atomic E-state index is 1.09. The Labute approximate surface area is 373 Å². The summed E-state index contributed by atoms with van der Waals surface area (Å²) in [5.74, 6) is 0. The molecule has 2 heteroatoms. The highest BCUT2D eigenvalue weighted by molar-refractivity contribution is 6.10. The summed E-state index contributed by atoms with van der Waals surface area (Å²) in [7, 11) is 0. The van der Waals surface area contributed by atoms with Crippen LogP contribution in [0.1, 0.15) is 0 Å². The Kier molecular flexibility index (Phi) is 9.20. The highest BCUT2D eigenvalue weighted by atomic mass is 15.1. The second-order valence-corrected chi connectivity index (χ2v) is 16.5. The van der Waals surface area contributed by atoms with Crippen molar-refractivity contribution in [3.8, 4) is 50.2 Å². The molecule has 0 aliphatic heterocycles. The Bertz CT molecular complexity index is 3580. The minimum atomic E-state index is 1.09. The van der Waals surface area contributed by atoms with Crippen molar-refractivity contribution in [3.63, 3.8) is 0 Å². The third-order valence-electron chi connectivity index (χ3n) is 12.8. The van der Waals surface area contributed by atoms with Crippen LogP contribution in [0.3, 0.4) is 0 Å². The maximum atomic E-state index is 2.41. The molecule has 11 aromatic carbocycles. The first-order chi connectivity index (χ1) is 31.7. The summed E-state index contributed by atoms with van der Waals surface area (Å²) in [4.78, 5) is 2.36. The fourth-order valence-electron chi connectivity index (χ4n) is 9.64. The Morgan fingerprint density at radius 2 is 0.719 bits per heavy atom. The Hall–Kier alpha value is -8.46. The lowest BCUT2D eigenvalue weighted by Gasteiger charge is -2.26. The number of para-hydroxylation sites is 3. The van der Waals surface area contributed by atoms with Crippen molar-refractivity contribution >= 4 is 60.4 Å². The third kappa shape index (κ3) is 6.61. The molecule has 0 fully saturated rings. The molecule has 1 heterocycles. The summed E-state index contributed by atoms with van der Waals surface area (Å²) in [6.45, 7) is 0. The normalized spacial score (nSPS) is 11.4. The van der Waals surface area contributed by atoms with Gasteiger partial charge in [-0.05, 0) is 121 Å². The lowest BCUT2D eigenvalue weighted by Crippen LogP contribution is -2.10. The van der Waals surface area contributed by atoms with Crippen molar-refractivity contribution in [3.05, 3.63) is 255 Å². The van der Waals surface area contributed by atoms with E-state index in [1.165, 1.54) is 93.5 Å². The number of rotatable bonds is 8. The summed E-state index contributed by atoms with van der Waals surface area (Å²) in [6, 6.07) is 92.6. The second-order valence-electron chi connectivity index (χ2n) is 16.5. The van der Waals surface area contributed by atoms with E-state index in [-0.39, 0.29) is 0 Å². The molecule has 0 spiro atoms. The highest BCUT2D eigenvalue weighted by Crippen LogP contribution is 2.40. The molecule has 12 aromatic rings. The van der Waals surface area contributed by atoms with Gasteiger partial charge < -0.3 is 9.47 Å². The fourth-order valence-corrected chi connectivity index (χ4v) is 9.64. The van der Waals surface area contributed by atoms with Gasteiger partial charge in [-0.25, -0.2) is 0 Å². The molecule has 0 radical (unpaired) electrons. The Morgan fingerprint density at radius 3 is 1.42 bits per heavy atom. The van der Waals surface area contributed by atoms with E-state index in [1.54, 1.807) is 0 Å². The topological polar surface area (TPSA) is 8.17 Å². The van der Waals surface area contributed by atoms with Gasteiger partial charge in [0.25, 0.3) is 0 Å². The van der Waals surface area contributed by atoms with Crippen LogP contribution in [0.15, 0.2) is 255 Å². The molecule has 0 atom stereocenters. The predicted octanol–water partition coefficient (Wildman–Crippen LogP) is 17.2. The molecule has 1 aromatic heterocycles. The van der Waals surface area contributed by atoms with Gasteiger partial charge in [-0.2, -0.15) is 0 Å². The van der Waals surface area contributed by atoms with Crippen molar-refractivity contribution in [2.24, 2.45) is 0 Å². The van der Waals surface area contributed by atoms with Gasteiger partial charge in [0, 0.05) is 33.4 Å². The number of aromatic nitrogens is 1. The molecular weight excluding hydrogens is 773 g/mol. The second kappa shape index (κ2) is 15.8. The fraction of sp³-hybridized carbons (Fsp3) is 0. The maximum Gasteiger partial charge on any atom is 0.0541 e. The predicted molar refractivity (Wildman–Crippen MR) is 272 cm³/mol. The van der Waals surface area contributed by atoms with Crippen LogP contribution in [-0.4, -0.2) is 4.57 Å². The first kappa shape index (κ1) is 37.3. The standard InChI is InChI=1S/C62H42N2/c1-2-13-43(14-3-1)49-16-12-17-54(42-49)63(53-38-33-46(34-39-53)50-35-40-56-51(41-50)30-29-47-15-4-5-18-55(47)56)52-36-31-45(32-37-52)44-25-27-48(28-26-44)57-19-6-9-22-60(57)64-61-23-10-7-20-58(61)59-21-8-11-24-62(59)64/h1-42H. The first-order valence-corrected chi connectivity index (χ1v) is 22.0. The van der Waals surface area contributed by atoms with E-state index in [0.717, 1.165) is 17.1 Å². The number of anilines is 3. The zero-order valence-electron chi connectivity index (χ0n) is 35.1. The zero-order chi connectivity index (χ0) is 42.4. The van der Waals surface area contributed by atoms with Gasteiger partial charge in [-0.1, -0.05) is 194 Å². The van der Waals surface area contributed by atoms with E-state index in [0.29, 0.717) is 0 Å². The Morgan fingerprint density at radius 1 is 0.250 bits per heavy atom. The molecule has 64 heavy (non-hydrogen) atoms. The van der Waals surface area contributed by atoms with Crippen LogP contribution < -0.4 is 4.90 Å². The molecule has 0 bridgehead atoms. The van der Waals surface area contributed by atoms with Crippen molar-refractivity contribution in [2.45, 2.75) is 0 Å². The van der Waals surface area contributed by atoms with Crippen molar-refractivity contribution in [1.82, 2.24) is 4.57 Å². The molecule has 0 amide bonds. The van der Waals surface area contributed by atoms with Crippen molar-refractivity contribution in [2.75, 3.05) is 4.90 Å². The smallest absolute Gasteiger partial charge is 0.0541 e. The first-order valence-electron chi connectivity index (χ1n) is 22.0. The average molecular weight is 815 g/mol. The van der Waals surface area contributed by atoms with E-state index in [2.05, 4.69) is 264 Å². The van der Waals surface area contributed by atoms with Gasteiger partial charge in [0.2, 0.25) is 0 Å². The van der Waals surface area contributed by atoms with Gasteiger partial charge in [0.1, 0.15) is 0 Å². The molecule has 2 nitrogen and oxygen atoms in total. The molecule has 0 saturated carbocycles. The van der Waals surface area contributed by atoms with Gasteiger partial charge in [0.15, 0.2) is 0 Å². The molecule has 0 saturated heterocycles. The zero-order valence-corrected chi connectivity index (χ0v) is 35.1. The molecule has 300 valence electrons. The van der Waals surface area contributed by atoms with Crippen LogP contribution in [0.25, 0.3) is 93.5 Å². The summed E-state index contributed by atoms with van der Waals surface area (Å²) in [5.41, 5.74) is 16.4. The van der Waals surface area contributed by atoms with Gasteiger partial charge >= 0.3 is 0 Å². The monoisotopic (exact) mass is 814 g/mol. The molecule has 0 aliphatic rings. The molecule has 12 rings (SSSR count). The third-order valence-corrected chi connectivity index (χ3v) is 12.8. The minimum Gasteiger partial charge on any atom is -0.310 e. The molecule has 0 N–H and O–H groups in total. The van der Waals surface area contributed by atoms with Crippen LogP contribution in [0.5, 0.6) is 0 Å². The quantitative estimate of drug-likeness (QED) is 0.139. The van der Waals surface area contributed by atoms with Crippen LogP contribution in [0.4, 0.5) is 17.1 Å². The van der Waals surface area contributed by atoms with Crippen LogP contribution in [-0.2, 0) is 0 Å². The van der Waals surface area contributed by atoms with Crippen LogP contribution >= 0.6 is 0 Å². The van der Waals surface area contributed by atoms with Crippen molar-refractivity contribution in [1.29, 1.82) is 0 Å². The SMILES string of the molecule is c1ccc(-c2cccc(N(c3ccc(-c4ccc(-c5ccccc5-n5c6ccccc6c6ccccc65)cc4)cc3)c3ccc(-c4ccc5c(ccc6ccccc65)c4)cc3)c2)cc1. The Balaban J connectivity index is 0.881. The van der Waals surface area contributed by atoms with Crippen LogP contribution in [0, 0.1) is 0 Å². The number of hydrogen-bond acceptors (Lipinski definition) is 1. The van der Waals surface area contributed by atoms with E-state index in [4.69, 9.17) is 0 Å². The summed E-state index contributed by atoms with van der Waals surface area (Å²) < 4.78 is 2.41. The number of hydrogen-bond donors (Lipinski definition) is 0. The summed E-state index contributed by atoms with van der Waals surface area (Å²) in [5, 5.41) is 7.61. The maximum absolute atomic E-state index is 2.41. The lowest BCUT2D eigenvalue weighted by molar-refractivity contribution is 1.18. The molecule has 0 unspecified atom stereocenters. The summed E-state index contributed by atoms with van der Waals surface area (Å²) in [6.07, 6.45) is 0. The highest BCUT2D eigenvalue weighted by Gasteiger charge is 2.17. The number of nitrogens with zero attached hydrogens (tertiary/aromatic N) is 2. The number of benzene rings is 11. The van der Waals surface area contributed by atoms with Gasteiger partial charge in [-0.15, -0.1) is 0 Å². The van der Waals surface area contributed by atoms with E-state index >= 15 is 0 Å². The van der Waals surface area contributed by atoms with E-state index in [9.17, 15) is 0 Å². The molecule has 0 aliphatic carbocycles. The lowest BCUT2D eigenvalue weighted by atomic mass is 9.97. The van der Waals surface area contributed by atoms with Crippen LogP contribution in [0.2, 0.25) is 0 Å². The van der Waals surface area contributed by atoms with E-state index in [1.807, 2.05) is 0 Å². The summed E-state index contributed by atoms with van der Waals surface area (Å²) >= 11 is 0. The van der Waals surface area contributed by atoms with Gasteiger partial charge in [0.05, 0.1) is 16.7 Å². The molecular formula is C62H42N2.